The minimum Gasteiger partial charge on any atom is -0.478 e. The van der Waals surface area contributed by atoms with Gasteiger partial charge in [-0.2, -0.15) is 0 Å². The number of rotatable bonds is 7. The van der Waals surface area contributed by atoms with Crippen molar-refractivity contribution in [1.29, 1.82) is 0 Å². The van der Waals surface area contributed by atoms with Crippen molar-refractivity contribution in [1.82, 2.24) is 10.2 Å². The Morgan fingerprint density at radius 1 is 1.14 bits per heavy atom. The van der Waals surface area contributed by atoms with E-state index in [1.807, 2.05) is 37.3 Å². The van der Waals surface area contributed by atoms with Crippen molar-refractivity contribution in [2.24, 2.45) is 0 Å². The van der Waals surface area contributed by atoms with Crippen molar-refractivity contribution in [3.63, 3.8) is 0 Å². The SMILES string of the molecule is Cc1ccc(CN2C(=O)CCC2C(=O)NCCc2cccc(C(=O)O)c2)cc1. The van der Waals surface area contributed by atoms with Gasteiger partial charge in [0, 0.05) is 19.5 Å². The largest absolute Gasteiger partial charge is 0.478 e. The van der Waals surface area contributed by atoms with Gasteiger partial charge < -0.3 is 15.3 Å². The Balaban J connectivity index is 1.56. The van der Waals surface area contributed by atoms with Crippen molar-refractivity contribution in [2.75, 3.05) is 6.54 Å². The van der Waals surface area contributed by atoms with E-state index >= 15 is 0 Å². The van der Waals surface area contributed by atoms with Crippen LogP contribution in [0.15, 0.2) is 48.5 Å². The maximum Gasteiger partial charge on any atom is 0.335 e. The number of hydrogen-bond donors (Lipinski definition) is 2. The molecule has 1 heterocycles. The van der Waals surface area contributed by atoms with Crippen LogP contribution >= 0.6 is 0 Å². The van der Waals surface area contributed by atoms with Crippen molar-refractivity contribution in [3.05, 3.63) is 70.8 Å². The Morgan fingerprint density at radius 2 is 1.89 bits per heavy atom. The predicted octanol–water partition coefficient (Wildman–Crippen LogP) is 2.54. The lowest BCUT2D eigenvalue weighted by Crippen LogP contribution is -2.44. The first-order chi connectivity index (χ1) is 13.4. The number of aryl methyl sites for hydroxylation is 1. The Hall–Kier alpha value is -3.15. The van der Waals surface area contributed by atoms with E-state index in [1.54, 1.807) is 17.0 Å². The quantitative estimate of drug-likeness (QED) is 0.773. The molecule has 1 atom stereocenters. The molecule has 0 radical (unpaired) electrons. The molecule has 28 heavy (non-hydrogen) atoms. The van der Waals surface area contributed by atoms with Crippen LogP contribution in [-0.4, -0.2) is 40.4 Å². The molecule has 6 nitrogen and oxygen atoms in total. The summed E-state index contributed by atoms with van der Waals surface area (Å²) >= 11 is 0. The number of nitrogens with one attached hydrogen (secondary N) is 1. The summed E-state index contributed by atoms with van der Waals surface area (Å²) in [6.07, 6.45) is 1.43. The van der Waals surface area contributed by atoms with Gasteiger partial charge in [-0.3, -0.25) is 9.59 Å². The maximum absolute atomic E-state index is 12.6. The zero-order valence-electron chi connectivity index (χ0n) is 15.9. The van der Waals surface area contributed by atoms with Crippen LogP contribution in [0.3, 0.4) is 0 Å². The average Bonchev–Trinajstić information content (AvgIpc) is 3.04. The fraction of sp³-hybridized carbons (Fsp3) is 0.318. The molecular formula is C22H24N2O4. The highest BCUT2D eigenvalue weighted by Gasteiger charge is 2.35. The lowest BCUT2D eigenvalue weighted by Gasteiger charge is -2.24. The molecule has 0 aromatic heterocycles. The van der Waals surface area contributed by atoms with E-state index in [9.17, 15) is 14.4 Å². The molecule has 0 spiro atoms. The number of carboxylic acids is 1. The monoisotopic (exact) mass is 380 g/mol. The molecule has 1 aliphatic heterocycles. The number of carbonyl (C=O) groups excluding carboxylic acids is 2. The van der Waals surface area contributed by atoms with Gasteiger partial charge in [0.2, 0.25) is 11.8 Å². The lowest BCUT2D eigenvalue weighted by molar-refractivity contribution is -0.135. The molecule has 6 heteroatoms. The number of carboxylic acid groups (broad SMARTS) is 1. The van der Waals surface area contributed by atoms with E-state index in [0.29, 0.717) is 32.4 Å². The summed E-state index contributed by atoms with van der Waals surface area (Å²) in [7, 11) is 0. The zero-order chi connectivity index (χ0) is 20.1. The number of amides is 2. The molecule has 0 saturated carbocycles. The highest BCUT2D eigenvalue weighted by atomic mass is 16.4. The molecule has 0 aliphatic carbocycles. The first-order valence-corrected chi connectivity index (χ1v) is 9.39. The summed E-state index contributed by atoms with van der Waals surface area (Å²) in [5.74, 6) is -1.13. The van der Waals surface area contributed by atoms with Gasteiger partial charge in [-0.15, -0.1) is 0 Å². The first-order valence-electron chi connectivity index (χ1n) is 9.39. The van der Waals surface area contributed by atoms with Gasteiger partial charge in [-0.25, -0.2) is 4.79 Å². The first kappa shape index (κ1) is 19.6. The molecule has 1 saturated heterocycles. The molecule has 2 amide bonds. The zero-order valence-corrected chi connectivity index (χ0v) is 15.9. The molecule has 1 fully saturated rings. The van der Waals surface area contributed by atoms with Gasteiger partial charge in [0.05, 0.1) is 5.56 Å². The molecule has 1 unspecified atom stereocenters. The van der Waals surface area contributed by atoms with E-state index in [4.69, 9.17) is 5.11 Å². The minimum atomic E-state index is -0.970. The van der Waals surface area contributed by atoms with E-state index in [1.165, 1.54) is 6.07 Å². The van der Waals surface area contributed by atoms with Gasteiger partial charge in [0.25, 0.3) is 0 Å². The molecule has 3 rings (SSSR count). The number of likely N-dealkylation sites (tertiary alicyclic amines) is 1. The molecule has 2 aromatic carbocycles. The van der Waals surface area contributed by atoms with Crippen molar-refractivity contribution in [2.45, 2.75) is 38.8 Å². The maximum atomic E-state index is 12.6. The highest BCUT2D eigenvalue weighted by molar-refractivity contribution is 5.91. The molecule has 146 valence electrons. The third-order valence-electron chi connectivity index (χ3n) is 4.99. The highest BCUT2D eigenvalue weighted by Crippen LogP contribution is 2.22. The lowest BCUT2D eigenvalue weighted by atomic mass is 10.1. The summed E-state index contributed by atoms with van der Waals surface area (Å²) < 4.78 is 0. The number of carbonyl (C=O) groups is 3. The molecule has 2 aromatic rings. The Labute approximate surface area is 164 Å². The van der Waals surface area contributed by atoms with Crippen LogP contribution < -0.4 is 5.32 Å². The summed E-state index contributed by atoms with van der Waals surface area (Å²) in [5.41, 5.74) is 3.23. The molecule has 2 N–H and O–H groups in total. The topological polar surface area (TPSA) is 86.7 Å². The molecule has 0 bridgehead atoms. The third kappa shape index (κ3) is 4.76. The third-order valence-corrected chi connectivity index (χ3v) is 4.99. The van der Waals surface area contributed by atoms with Crippen LogP contribution in [0.2, 0.25) is 0 Å². The average molecular weight is 380 g/mol. The van der Waals surface area contributed by atoms with Crippen LogP contribution in [0, 0.1) is 6.92 Å². The van der Waals surface area contributed by atoms with Crippen LogP contribution in [0.4, 0.5) is 0 Å². The smallest absolute Gasteiger partial charge is 0.335 e. The Bertz CT molecular complexity index is 876. The fourth-order valence-corrected chi connectivity index (χ4v) is 3.40. The van der Waals surface area contributed by atoms with Gasteiger partial charge in [0.15, 0.2) is 0 Å². The van der Waals surface area contributed by atoms with E-state index in [-0.39, 0.29) is 17.4 Å². The summed E-state index contributed by atoms with van der Waals surface area (Å²) in [4.78, 5) is 37.5. The van der Waals surface area contributed by atoms with Gasteiger partial charge in [-0.05, 0) is 43.0 Å². The number of nitrogens with zero attached hydrogens (tertiary/aromatic N) is 1. The van der Waals surface area contributed by atoms with Crippen molar-refractivity contribution >= 4 is 17.8 Å². The standard InChI is InChI=1S/C22H24N2O4/c1-15-5-7-17(8-6-15)14-24-19(9-10-20(24)25)21(26)23-12-11-16-3-2-4-18(13-16)22(27)28/h2-8,13,19H,9-12,14H2,1H3,(H,23,26)(H,27,28). The second-order valence-electron chi connectivity index (χ2n) is 7.11. The van der Waals surface area contributed by atoms with Gasteiger partial charge in [0.1, 0.15) is 6.04 Å². The second-order valence-corrected chi connectivity index (χ2v) is 7.11. The molecular weight excluding hydrogens is 356 g/mol. The Kier molecular flexibility index (Phi) is 6.09. The van der Waals surface area contributed by atoms with Crippen LogP contribution in [0.1, 0.15) is 39.9 Å². The summed E-state index contributed by atoms with van der Waals surface area (Å²) in [5, 5.41) is 11.9. The second kappa shape index (κ2) is 8.69. The van der Waals surface area contributed by atoms with E-state index < -0.39 is 12.0 Å². The number of aromatic carboxylic acids is 1. The Morgan fingerprint density at radius 3 is 2.61 bits per heavy atom. The fourth-order valence-electron chi connectivity index (χ4n) is 3.40. The van der Waals surface area contributed by atoms with E-state index in [0.717, 1.165) is 16.7 Å². The van der Waals surface area contributed by atoms with Crippen LogP contribution in [0.25, 0.3) is 0 Å². The van der Waals surface area contributed by atoms with E-state index in [2.05, 4.69) is 5.32 Å². The van der Waals surface area contributed by atoms with Crippen molar-refractivity contribution < 1.29 is 19.5 Å². The van der Waals surface area contributed by atoms with Crippen LogP contribution in [-0.2, 0) is 22.6 Å². The normalized spacial score (nSPS) is 16.2. The summed E-state index contributed by atoms with van der Waals surface area (Å²) in [6.45, 7) is 2.83. The summed E-state index contributed by atoms with van der Waals surface area (Å²) in [6, 6.07) is 14.2. The molecule has 1 aliphatic rings. The number of benzene rings is 2. The van der Waals surface area contributed by atoms with Gasteiger partial charge >= 0.3 is 5.97 Å². The van der Waals surface area contributed by atoms with Crippen LogP contribution in [0.5, 0.6) is 0 Å². The predicted molar refractivity (Wildman–Crippen MR) is 105 cm³/mol. The van der Waals surface area contributed by atoms with Gasteiger partial charge in [-0.1, -0.05) is 42.0 Å². The minimum absolute atomic E-state index is 0.00474. The van der Waals surface area contributed by atoms with Crippen molar-refractivity contribution in [3.8, 4) is 0 Å². The number of hydrogen-bond acceptors (Lipinski definition) is 3.